The molecule has 4 fully saturated rings. The molecule has 9 heteroatoms. The molecule has 0 unspecified atom stereocenters. The van der Waals surface area contributed by atoms with Gasteiger partial charge in [-0.3, -0.25) is 9.68 Å². The molecule has 3 heterocycles. The molecule has 4 rings (SSSR count). The third-order valence-corrected chi connectivity index (χ3v) is 13.6. The van der Waals surface area contributed by atoms with Crippen molar-refractivity contribution in [3.63, 3.8) is 0 Å². The van der Waals surface area contributed by atoms with E-state index in [0.717, 1.165) is 24.4 Å². The molecule has 4 aliphatic rings. The van der Waals surface area contributed by atoms with E-state index in [1.54, 1.807) is 7.11 Å². The summed E-state index contributed by atoms with van der Waals surface area (Å²) < 4.78 is 0. The summed E-state index contributed by atoms with van der Waals surface area (Å²) in [5.74, 6) is 2.27. The topological polar surface area (TPSA) is 47.1 Å². The van der Waals surface area contributed by atoms with E-state index in [9.17, 15) is 0 Å². The molecule has 0 atom stereocenters. The maximum atomic E-state index is 6.54. The summed E-state index contributed by atoms with van der Waals surface area (Å²) in [5, 5.41) is 6.85. The minimum atomic E-state index is 0.116. The maximum absolute atomic E-state index is 6.54. The van der Waals surface area contributed by atoms with Crippen molar-refractivity contribution in [3.8, 4) is 0 Å². The normalized spacial score (nSPS) is 25.2. The molecule has 0 N–H and O–H groups in total. The molecule has 0 bridgehead atoms. The van der Waals surface area contributed by atoms with Crippen molar-refractivity contribution in [3.05, 3.63) is 0 Å². The lowest BCUT2D eigenvalue weighted by Crippen LogP contribution is -2.62. The van der Waals surface area contributed by atoms with Gasteiger partial charge in [0.2, 0.25) is 0 Å². The van der Waals surface area contributed by atoms with Crippen LogP contribution in [0, 0.1) is 17.8 Å². The third-order valence-electron chi connectivity index (χ3n) is 13.6. The fourth-order valence-electron chi connectivity index (χ4n) is 12.8. The van der Waals surface area contributed by atoms with Crippen LogP contribution >= 0.6 is 0 Å². The first-order chi connectivity index (χ1) is 27.6. The Balaban J connectivity index is 0.000000315. The van der Waals surface area contributed by atoms with Crippen LogP contribution in [0.5, 0.6) is 0 Å². The second-order valence-corrected chi connectivity index (χ2v) is 24.5. The van der Waals surface area contributed by atoms with Crippen molar-refractivity contribution in [2.45, 2.75) is 239 Å². The van der Waals surface area contributed by atoms with E-state index in [1.165, 1.54) is 129 Å². The Morgan fingerprint density at radius 1 is 0.450 bits per heavy atom. The molecule has 3 aliphatic heterocycles. The van der Waals surface area contributed by atoms with Gasteiger partial charge < -0.3 is 19.5 Å². The van der Waals surface area contributed by atoms with Crippen LogP contribution in [0.1, 0.15) is 199 Å². The van der Waals surface area contributed by atoms with Crippen molar-refractivity contribution in [1.82, 2.24) is 29.9 Å². The molecule has 60 heavy (non-hydrogen) atoms. The standard InChI is InChI=1S/C20H42N2O.C18H36N2O.C13H28N2O/c1-8-9-10-11-12-13-14-23-22-19(2,3)15-18(17-21(6)7)16-20(22,4)5;1-17(2)12-15(14-19(5)6)13-18(3,4)20(17)21-16-10-8-7-9-11-16;1-12(2)8-11(10-14(5)6)9-13(3,4)15(12)16-7/h18H,8-17H2,1-7H3;15-16H,7-14H2,1-6H3;11H,8-10H2,1-7H3. The van der Waals surface area contributed by atoms with Crippen molar-refractivity contribution < 1.29 is 14.5 Å². The summed E-state index contributed by atoms with van der Waals surface area (Å²) in [7, 11) is 14.8. The molecule has 0 spiro atoms. The second kappa shape index (κ2) is 24.2. The minimum absolute atomic E-state index is 0.116. The van der Waals surface area contributed by atoms with Gasteiger partial charge in [-0.25, -0.2) is 0 Å². The van der Waals surface area contributed by atoms with E-state index >= 15 is 0 Å². The van der Waals surface area contributed by atoms with Crippen LogP contribution < -0.4 is 0 Å². The maximum Gasteiger partial charge on any atom is 0.0793 e. The Bertz CT molecular complexity index is 1120. The summed E-state index contributed by atoms with van der Waals surface area (Å²) in [6.07, 6.45) is 22.2. The van der Waals surface area contributed by atoms with Crippen LogP contribution in [-0.4, -0.2) is 145 Å². The third kappa shape index (κ3) is 18.3. The zero-order chi connectivity index (χ0) is 45.7. The molecule has 1 saturated carbocycles. The molecular weight excluding hydrogens is 745 g/mol. The summed E-state index contributed by atoms with van der Waals surface area (Å²) in [6.45, 7) is 34.6. The average molecular weight is 851 g/mol. The largest absolute Gasteiger partial charge is 0.309 e. The smallest absolute Gasteiger partial charge is 0.0793 e. The van der Waals surface area contributed by atoms with Gasteiger partial charge in [-0.15, -0.1) is 0 Å². The van der Waals surface area contributed by atoms with Gasteiger partial charge in [-0.2, -0.15) is 15.2 Å². The first-order valence-corrected chi connectivity index (χ1v) is 24.8. The molecule has 9 nitrogen and oxygen atoms in total. The van der Waals surface area contributed by atoms with E-state index in [2.05, 4.69) is 162 Å². The second-order valence-electron chi connectivity index (χ2n) is 24.5. The predicted molar refractivity (Wildman–Crippen MR) is 258 cm³/mol. The van der Waals surface area contributed by atoms with Crippen LogP contribution in [-0.2, 0) is 14.5 Å². The Hall–Kier alpha value is -0.360. The van der Waals surface area contributed by atoms with Crippen LogP contribution in [0.3, 0.4) is 0 Å². The van der Waals surface area contributed by atoms with Gasteiger partial charge in [-0.1, -0.05) is 58.3 Å². The van der Waals surface area contributed by atoms with E-state index in [0.29, 0.717) is 6.10 Å². The molecule has 3 saturated heterocycles. The van der Waals surface area contributed by atoms with Crippen molar-refractivity contribution in [2.24, 2.45) is 17.8 Å². The number of hydrogen-bond acceptors (Lipinski definition) is 9. The van der Waals surface area contributed by atoms with Gasteiger partial charge in [0.05, 0.1) is 19.8 Å². The minimum Gasteiger partial charge on any atom is -0.309 e. The lowest BCUT2D eigenvalue weighted by atomic mass is 9.75. The first-order valence-electron chi connectivity index (χ1n) is 24.8. The Morgan fingerprint density at radius 2 is 0.783 bits per heavy atom. The van der Waals surface area contributed by atoms with E-state index in [4.69, 9.17) is 14.5 Å². The molecular formula is C51H106N6O3. The number of nitrogens with zero attached hydrogens (tertiary/aromatic N) is 6. The van der Waals surface area contributed by atoms with Gasteiger partial charge >= 0.3 is 0 Å². The molecule has 358 valence electrons. The zero-order valence-corrected chi connectivity index (χ0v) is 44.1. The van der Waals surface area contributed by atoms with Crippen molar-refractivity contribution >= 4 is 0 Å². The van der Waals surface area contributed by atoms with Crippen LogP contribution in [0.4, 0.5) is 0 Å². The Morgan fingerprint density at radius 3 is 1.13 bits per heavy atom. The number of piperidine rings is 3. The monoisotopic (exact) mass is 851 g/mol. The van der Waals surface area contributed by atoms with Gasteiger partial charge in [0.1, 0.15) is 0 Å². The molecule has 1 aliphatic carbocycles. The molecule has 0 radical (unpaired) electrons. The highest BCUT2D eigenvalue weighted by Crippen LogP contribution is 2.44. The van der Waals surface area contributed by atoms with Crippen LogP contribution in [0.2, 0.25) is 0 Å². The Labute approximate surface area is 375 Å². The summed E-state index contributed by atoms with van der Waals surface area (Å²) in [6, 6.07) is 0. The summed E-state index contributed by atoms with van der Waals surface area (Å²) in [4.78, 5) is 25.4. The number of rotatable bonds is 17. The molecule has 0 amide bonds. The van der Waals surface area contributed by atoms with Gasteiger partial charge in [-0.05, 0) is 201 Å². The highest BCUT2D eigenvalue weighted by Gasteiger charge is 2.49. The lowest BCUT2D eigenvalue weighted by Gasteiger charge is -2.55. The quantitative estimate of drug-likeness (QED) is 0.133. The molecule has 0 aromatic heterocycles. The number of unbranched alkanes of at least 4 members (excludes halogenated alkanes) is 5. The first kappa shape index (κ1) is 55.8. The fraction of sp³-hybridized carbons (Fsp3) is 1.00. The van der Waals surface area contributed by atoms with Crippen LogP contribution in [0.15, 0.2) is 0 Å². The van der Waals surface area contributed by atoms with Gasteiger partial charge in [0.15, 0.2) is 0 Å². The SMILES string of the molecule is CCCCCCCCON1C(C)(C)CC(CN(C)C)CC1(C)C.CN(C)CC1CC(C)(C)N(OC2CCCCC2)C(C)(C)C1.CON1C(C)(C)CC(CN(C)C)CC1(C)C. The highest BCUT2D eigenvalue weighted by molar-refractivity contribution is 4.99. The van der Waals surface area contributed by atoms with E-state index < -0.39 is 0 Å². The van der Waals surface area contributed by atoms with Crippen molar-refractivity contribution in [1.29, 1.82) is 0 Å². The summed E-state index contributed by atoms with van der Waals surface area (Å²) >= 11 is 0. The molecule has 0 aromatic carbocycles. The number of hydrogen-bond donors (Lipinski definition) is 0. The summed E-state index contributed by atoms with van der Waals surface area (Å²) in [5.41, 5.74) is 0.726. The van der Waals surface area contributed by atoms with E-state index in [1.807, 2.05) is 0 Å². The predicted octanol–water partition coefficient (Wildman–Crippen LogP) is 11.6. The Kier molecular flexibility index (Phi) is 22.5. The fourth-order valence-corrected chi connectivity index (χ4v) is 12.8. The number of hydroxylamine groups is 6. The van der Waals surface area contributed by atoms with Crippen molar-refractivity contribution in [2.75, 3.05) is 75.6 Å². The van der Waals surface area contributed by atoms with E-state index in [-0.39, 0.29) is 33.2 Å². The molecule has 0 aromatic rings. The van der Waals surface area contributed by atoms with Crippen LogP contribution in [0.25, 0.3) is 0 Å². The van der Waals surface area contributed by atoms with Gasteiger partial charge in [0.25, 0.3) is 0 Å². The highest BCUT2D eigenvalue weighted by atomic mass is 16.7. The lowest BCUT2D eigenvalue weighted by molar-refractivity contribution is -0.314. The zero-order valence-electron chi connectivity index (χ0n) is 44.1. The van der Waals surface area contributed by atoms with Gasteiger partial charge in [0, 0.05) is 52.9 Å². The average Bonchev–Trinajstić information content (AvgIpc) is 3.05.